The van der Waals surface area contributed by atoms with Crippen LogP contribution in [0.4, 0.5) is 0 Å². The summed E-state index contributed by atoms with van der Waals surface area (Å²) in [7, 11) is 0. The number of hydrogen-bond donors (Lipinski definition) is 1. The number of carbonyl (C=O) groups is 2. The van der Waals surface area contributed by atoms with Gasteiger partial charge in [-0.1, -0.05) is 12.1 Å². The topological polar surface area (TPSA) is 89.9 Å². The van der Waals surface area contributed by atoms with Crippen LogP contribution in [-0.2, 0) is 22.7 Å². The molecule has 3 aliphatic heterocycles. The lowest BCUT2D eigenvalue weighted by atomic mass is 9.83. The molecule has 0 spiro atoms. The van der Waals surface area contributed by atoms with Gasteiger partial charge in [0, 0.05) is 56.7 Å². The Morgan fingerprint density at radius 1 is 1.03 bits per heavy atom. The number of fused-ring (bicyclic) bond motifs is 5. The third-order valence-electron chi connectivity index (χ3n) is 6.33. The Morgan fingerprint density at radius 2 is 1.90 bits per heavy atom. The van der Waals surface area contributed by atoms with E-state index in [-0.39, 0.29) is 48.8 Å². The summed E-state index contributed by atoms with van der Waals surface area (Å²) >= 11 is 0. The van der Waals surface area contributed by atoms with E-state index in [1.165, 1.54) is 0 Å². The molecule has 5 rings (SSSR count). The highest BCUT2D eigenvalue weighted by Crippen LogP contribution is 2.35. The normalized spacial score (nSPS) is 20.8. The van der Waals surface area contributed by atoms with Crippen LogP contribution < -0.4 is 20.3 Å². The molecule has 2 atom stereocenters. The number of ether oxygens (including phenoxy) is 2. The third kappa shape index (κ3) is 4.02. The third-order valence-corrected chi connectivity index (χ3v) is 6.33. The van der Waals surface area contributed by atoms with Crippen molar-refractivity contribution >= 4 is 11.8 Å². The highest BCUT2D eigenvalue weighted by molar-refractivity contribution is 5.83. The number of likely N-dealkylation sites (tertiary alicyclic amines) is 1. The lowest BCUT2D eigenvalue weighted by Gasteiger charge is -2.42. The first kappa shape index (κ1) is 19.7. The number of piperidine rings is 1. The minimum atomic E-state index is -0.153. The Balaban J connectivity index is 1.12. The molecule has 8 nitrogen and oxygen atoms in total. The maximum Gasteiger partial charge on any atom is 0.250 e. The maximum absolute atomic E-state index is 12.8. The van der Waals surface area contributed by atoms with Crippen molar-refractivity contribution < 1.29 is 19.1 Å². The first-order chi connectivity index (χ1) is 15.1. The number of nitrogens with one attached hydrogen (secondary N) is 1. The average Bonchev–Trinajstić information content (AvgIpc) is 3.24. The van der Waals surface area contributed by atoms with Crippen molar-refractivity contribution in [2.75, 3.05) is 19.9 Å². The summed E-state index contributed by atoms with van der Waals surface area (Å²) in [6.07, 6.45) is 1.35. The molecule has 1 N–H and O–H groups in total. The lowest BCUT2D eigenvalue weighted by molar-refractivity contribution is -0.136. The Kier molecular flexibility index (Phi) is 5.13. The Morgan fingerprint density at radius 3 is 2.81 bits per heavy atom. The van der Waals surface area contributed by atoms with E-state index in [4.69, 9.17) is 9.47 Å². The molecule has 0 unspecified atom stereocenters. The van der Waals surface area contributed by atoms with Gasteiger partial charge in [-0.3, -0.25) is 14.4 Å². The molecule has 1 aromatic carbocycles. The number of aromatic nitrogens is 1. The zero-order valence-electron chi connectivity index (χ0n) is 17.2. The monoisotopic (exact) mass is 423 g/mol. The number of nitrogens with zero attached hydrogens (tertiary/aromatic N) is 2. The van der Waals surface area contributed by atoms with Crippen molar-refractivity contribution in [1.82, 2.24) is 14.8 Å². The van der Waals surface area contributed by atoms with Crippen molar-refractivity contribution in [2.24, 2.45) is 5.92 Å². The SMILES string of the molecule is O=C(CCC(=O)N1C[C@H]2C[C@H](C1)c1cccc(=O)n1C2)NCc1ccc2c(c1)OCO2. The summed E-state index contributed by atoms with van der Waals surface area (Å²) in [5.41, 5.74) is 1.97. The molecule has 162 valence electrons. The second-order valence-corrected chi connectivity index (χ2v) is 8.46. The van der Waals surface area contributed by atoms with E-state index in [9.17, 15) is 14.4 Å². The summed E-state index contributed by atoms with van der Waals surface area (Å²) < 4.78 is 12.5. The van der Waals surface area contributed by atoms with Crippen LogP contribution >= 0.6 is 0 Å². The fourth-order valence-corrected chi connectivity index (χ4v) is 4.82. The van der Waals surface area contributed by atoms with Gasteiger partial charge in [-0.25, -0.2) is 0 Å². The number of amides is 2. The van der Waals surface area contributed by atoms with Crippen LogP contribution in [0.1, 0.15) is 36.4 Å². The fraction of sp³-hybridized carbons (Fsp3) is 0.435. The van der Waals surface area contributed by atoms with Crippen LogP contribution in [0.2, 0.25) is 0 Å². The van der Waals surface area contributed by atoms with Gasteiger partial charge in [-0.15, -0.1) is 0 Å². The fourth-order valence-electron chi connectivity index (χ4n) is 4.82. The predicted molar refractivity (Wildman–Crippen MR) is 112 cm³/mol. The molecular formula is C23H25N3O5. The Hall–Kier alpha value is -3.29. The molecule has 0 radical (unpaired) electrons. The minimum Gasteiger partial charge on any atom is -0.454 e. The summed E-state index contributed by atoms with van der Waals surface area (Å²) in [6.45, 7) is 2.51. The summed E-state index contributed by atoms with van der Waals surface area (Å²) in [4.78, 5) is 39.0. The number of rotatable bonds is 5. The molecule has 2 aromatic rings. The second-order valence-electron chi connectivity index (χ2n) is 8.46. The quantitative estimate of drug-likeness (QED) is 0.789. The molecule has 2 bridgehead atoms. The maximum atomic E-state index is 12.8. The van der Waals surface area contributed by atoms with Gasteiger partial charge >= 0.3 is 0 Å². The molecule has 1 saturated heterocycles. The van der Waals surface area contributed by atoms with Gasteiger partial charge in [0.05, 0.1) is 0 Å². The van der Waals surface area contributed by atoms with Gasteiger partial charge in [-0.05, 0) is 36.1 Å². The lowest BCUT2D eigenvalue weighted by Crippen LogP contribution is -2.49. The molecule has 8 heteroatoms. The summed E-state index contributed by atoms with van der Waals surface area (Å²) in [6, 6.07) is 10.9. The van der Waals surface area contributed by atoms with E-state index in [0.29, 0.717) is 37.7 Å². The molecule has 1 fully saturated rings. The van der Waals surface area contributed by atoms with Gasteiger partial charge in [0.15, 0.2) is 11.5 Å². The van der Waals surface area contributed by atoms with Crippen molar-refractivity contribution in [3.8, 4) is 11.5 Å². The van der Waals surface area contributed by atoms with Gasteiger partial charge < -0.3 is 24.3 Å². The van der Waals surface area contributed by atoms with E-state index in [0.717, 1.165) is 17.7 Å². The molecule has 1 aromatic heterocycles. The molecule has 2 amide bonds. The molecule has 3 aliphatic rings. The van der Waals surface area contributed by atoms with Crippen molar-refractivity contribution in [1.29, 1.82) is 0 Å². The zero-order chi connectivity index (χ0) is 21.4. The first-order valence-electron chi connectivity index (χ1n) is 10.7. The molecule has 4 heterocycles. The van der Waals surface area contributed by atoms with Crippen molar-refractivity contribution in [3.05, 3.63) is 58.0 Å². The van der Waals surface area contributed by atoms with E-state index < -0.39 is 0 Å². The smallest absolute Gasteiger partial charge is 0.250 e. The summed E-state index contributed by atoms with van der Waals surface area (Å²) in [5.74, 6) is 1.71. The summed E-state index contributed by atoms with van der Waals surface area (Å²) in [5, 5.41) is 2.86. The average molecular weight is 423 g/mol. The minimum absolute atomic E-state index is 0.000317. The van der Waals surface area contributed by atoms with Gasteiger partial charge in [0.1, 0.15) is 0 Å². The molecule has 0 aliphatic carbocycles. The zero-order valence-corrected chi connectivity index (χ0v) is 17.2. The van der Waals surface area contributed by atoms with Gasteiger partial charge in [-0.2, -0.15) is 0 Å². The first-order valence-corrected chi connectivity index (χ1v) is 10.7. The largest absolute Gasteiger partial charge is 0.454 e. The van der Waals surface area contributed by atoms with E-state index in [1.807, 2.05) is 33.7 Å². The van der Waals surface area contributed by atoms with Crippen molar-refractivity contribution in [3.63, 3.8) is 0 Å². The van der Waals surface area contributed by atoms with Crippen LogP contribution in [0, 0.1) is 5.92 Å². The second kappa shape index (κ2) is 8.09. The Labute approximate surface area is 179 Å². The van der Waals surface area contributed by atoms with Crippen LogP contribution in [0.15, 0.2) is 41.2 Å². The van der Waals surface area contributed by atoms with Gasteiger partial charge in [0.2, 0.25) is 18.6 Å². The molecule has 31 heavy (non-hydrogen) atoms. The highest BCUT2D eigenvalue weighted by Gasteiger charge is 2.36. The van der Waals surface area contributed by atoms with E-state index in [2.05, 4.69) is 5.32 Å². The predicted octanol–water partition coefficient (Wildman–Crippen LogP) is 1.62. The van der Waals surface area contributed by atoms with E-state index in [1.54, 1.807) is 12.1 Å². The molecular weight excluding hydrogens is 398 g/mol. The van der Waals surface area contributed by atoms with E-state index >= 15 is 0 Å². The molecule has 0 saturated carbocycles. The standard InChI is InChI=1S/C23H25N3O5/c27-21(24-10-15-4-5-19-20(9-15)31-14-30-19)6-7-22(28)25-11-16-8-17(13-25)18-2-1-3-23(29)26(18)12-16/h1-5,9,16-17H,6-8,10-14H2,(H,24,27)/t16-,17-/m1/s1. The Bertz CT molecular complexity index is 1080. The van der Waals surface area contributed by atoms with Gasteiger partial charge in [0.25, 0.3) is 5.56 Å². The van der Waals surface area contributed by atoms with Crippen LogP contribution in [-0.4, -0.2) is 41.2 Å². The van der Waals surface area contributed by atoms with Crippen LogP contribution in [0.5, 0.6) is 11.5 Å². The van der Waals surface area contributed by atoms with Crippen molar-refractivity contribution in [2.45, 2.75) is 38.3 Å². The number of benzene rings is 1. The van der Waals surface area contributed by atoms with Crippen LogP contribution in [0.25, 0.3) is 0 Å². The highest BCUT2D eigenvalue weighted by atomic mass is 16.7. The number of carbonyl (C=O) groups excluding carboxylic acids is 2. The number of hydrogen-bond acceptors (Lipinski definition) is 5. The number of pyridine rings is 1. The van der Waals surface area contributed by atoms with Crippen LogP contribution in [0.3, 0.4) is 0 Å².